The van der Waals surface area contributed by atoms with Crippen molar-refractivity contribution in [2.45, 2.75) is 19.3 Å². The first kappa shape index (κ1) is 16.2. The lowest BCUT2D eigenvalue weighted by atomic mass is 10.1. The summed E-state index contributed by atoms with van der Waals surface area (Å²) in [6, 6.07) is 10.3. The highest BCUT2D eigenvalue weighted by molar-refractivity contribution is 5.78. The molecule has 0 aromatic heterocycles. The highest BCUT2D eigenvalue weighted by atomic mass is 16.2. The Morgan fingerprint density at radius 2 is 2.14 bits per heavy atom. The predicted octanol–water partition coefficient (Wildman–Crippen LogP) is 3.06. The zero-order valence-electron chi connectivity index (χ0n) is 13.1. The number of carbonyl (C=O) groups is 1. The van der Waals surface area contributed by atoms with Crippen LogP contribution in [0.1, 0.15) is 19.3 Å². The van der Waals surface area contributed by atoms with Crippen LogP contribution in [0.4, 0.5) is 5.69 Å². The molecule has 0 spiro atoms. The molecule has 1 saturated heterocycles. The Balaban J connectivity index is 1.66. The zero-order chi connectivity index (χ0) is 15.8. The lowest BCUT2D eigenvalue weighted by Crippen LogP contribution is -2.27. The normalized spacial score (nSPS) is 17.4. The minimum atomic E-state index is 0.189. The van der Waals surface area contributed by atoms with Crippen molar-refractivity contribution in [3.63, 3.8) is 0 Å². The molecule has 1 atom stereocenters. The Bertz CT molecular complexity index is 527. The molecule has 0 bridgehead atoms. The van der Waals surface area contributed by atoms with Crippen molar-refractivity contribution in [3.8, 4) is 0 Å². The minimum Gasteiger partial charge on any atom is -0.375 e. The van der Waals surface area contributed by atoms with Crippen LogP contribution in [0.15, 0.2) is 35.4 Å². The van der Waals surface area contributed by atoms with E-state index in [1.807, 2.05) is 23.1 Å². The number of benzene rings is 1. The van der Waals surface area contributed by atoms with Gasteiger partial charge in [0.15, 0.2) is 0 Å². The first-order valence-electron chi connectivity index (χ1n) is 7.75. The van der Waals surface area contributed by atoms with Crippen molar-refractivity contribution in [3.05, 3.63) is 40.8 Å². The van der Waals surface area contributed by atoms with Crippen molar-refractivity contribution in [1.82, 2.24) is 4.90 Å². The summed E-state index contributed by atoms with van der Waals surface area (Å²) in [6.07, 6.45) is 2.57. The van der Waals surface area contributed by atoms with Crippen molar-refractivity contribution in [2.24, 2.45) is 11.0 Å². The highest BCUT2D eigenvalue weighted by Gasteiger charge is 2.28. The van der Waals surface area contributed by atoms with Gasteiger partial charge in [-0.15, -0.1) is 0 Å². The fraction of sp³-hybridized carbons (Fsp3) is 0.562. The third-order valence-electron chi connectivity index (χ3n) is 4.07. The third-order valence-corrected chi connectivity index (χ3v) is 4.07. The molecule has 1 unspecified atom stereocenters. The van der Waals surface area contributed by atoms with Crippen LogP contribution in [0.3, 0.4) is 0 Å². The summed E-state index contributed by atoms with van der Waals surface area (Å²) in [5.74, 6) is 0.380. The summed E-state index contributed by atoms with van der Waals surface area (Å²) in [6.45, 7) is 2.93. The lowest BCUT2D eigenvalue weighted by molar-refractivity contribution is -0.127. The summed E-state index contributed by atoms with van der Waals surface area (Å²) < 4.78 is 0. The average molecular weight is 301 g/mol. The van der Waals surface area contributed by atoms with Gasteiger partial charge in [0.1, 0.15) is 0 Å². The van der Waals surface area contributed by atoms with Gasteiger partial charge in [0.2, 0.25) is 5.91 Å². The maximum atomic E-state index is 11.9. The maximum Gasteiger partial charge on any atom is 0.222 e. The van der Waals surface area contributed by atoms with Crippen molar-refractivity contribution >= 4 is 11.6 Å². The number of amides is 1. The lowest BCUT2D eigenvalue weighted by Gasteiger charge is -2.20. The molecule has 22 heavy (non-hydrogen) atoms. The fourth-order valence-electron chi connectivity index (χ4n) is 2.81. The van der Waals surface area contributed by atoms with Crippen LogP contribution in [0.2, 0.25) is 0 Å². The van der Waals surface area contributed by atoms with Gasteiger partial charge >= 0.3 is 0 Å². The van der Waals surface area contributed by atoms with E-state index in [4.69, 9.17) is 5.53 Å². The fourth-order valence-corrected chi connectivity index (χ4v) is 2.81. The first-order chi connectivity index (χ1) is 10.7. The molecule has 118 valence electrons. The van der Waals surface area contributed by atoms with Gasteiger partial charge in [-0.1, -0.05) is 23.3 Å². The summed E-state index contributed by atoms with van der Waals surface area (Å²) in [5, 5.41) is 3.57. The molecule has 1 heterocycles. The van der Waals surface area contributed by atoms with E-state index in [1.54, 1.807) is 0 Å². The number of anilines is 1. The standard InChI is InChI=1S/C16H23N5O/c1-20(15-7-3-2-4-8-15)9-5-6-10-21-13-14(11-16(21)22)12-18-19-17/h2-4,7-8,14H,5-6,9-13H2,1H3. The molecule has 2 rings (SSSR count). The Morgan fingerprint density at radius 1 is 1.36 bits per heavy atom. The molecular formula is C16H23N5O. The van der Waals surface area contributed by atoms with Gasteiger partial charge in [0.05, 0.1) is 0 Å². The van der Waals surface area contributed by atoms with Crippen LogP contribution >= 0.6 is 0 Å². The predicted molar refractivity (Wildman–Crippen MR) is 87.6 cm³/mol. The van der Waals surface area contributed by atoms with Crippen LogP contribution in [0.5, 0.6) is 0 Å². The molecule has 1 aliphatic heterocycles. The average Bonchev–Trinajstić information content (AvgIpc) is 2.90. The van der Waals surface area contributed by atoms with Gasteiger partial charge in [-0.05, 0) is 36.4 Å². The second kappa shape index (κ2) is 8.29. The minimum absolute atomic E-state index is 0.189. The van der Waals surface area contributed by atoms with E-state index in [0.717, 1.165) is 32.5 Å². The Hall–Kier alpha value is -2.20. The number of azide groups is 1. The molecule has 0 aliphatic carbocycles. The second-order valence-corrected chi connectivity index (χ2v) is 5.79. The van der Waals surface area contributed by atoms with Crippen molar-refractivity contribution < 1.29 is 4.79 Å². The summed E-state index contributed by atoms with van der Waals surface area (Å²) >= 11 is 0. The van der Waals surface area contributed by atoms with Gasteiger partial charge in [-0.3, -0.25) is 4.79 Å². The first-order valence-corrected chi connectivity index (χ1v) is 7.75. The van der Waals surface area contributed by atoms with Gasteiger partial charge in [0.25, 0.3) is 0 Å². The van der Waals surface area contributed by atoms with E-state index >= 15 is 0 Å². The Labute approximate surface area is 131 Å². The van der Waals surface area contributed by atoms with Crippen LogP contribution < -0.4 is 4.90 Å². The number of unbranched alkanes of at least 4 members (excludes halogenated alkanes) is 1. The quantitative estimate of drug-likeness (QED) is 0.320. The molecule has 0 N–H and O–H groups in total. The van der Waals surface area contributed by atoms with Crippen LogP contribution in [-0.4, -0.2) is 44.0 Å². The summed E-state index contributed by atoms with van der Waals surface area (Å²) in [5.41, 5.74) is 9.55. The number of para-hydroxylation sites is 1. The summed E-state index contributed by atoms with van der Waals surface area (Å²) in [4.78, 5) is 18.8. The monoisotopic (exact) mass is 301 g/mol. The van der Waals surface area contributed by atoms with Crippen molar-refractivity contribution in [1.29, 1.82) is 0 Å². The smallest absolute Gasteiger partial charge is 0.222 e. The van der Waals surface area contributed by atoms with Crippen molar-refractivity contribution in [2.75, 3.05) is 38.1 Å². The van der Waals surface area contributed by atoms with Crippen LogP contribution in [-0.2, 0) is 4.79 Å². The highest BCUT2D eigenvalue weighted by Crippen LogP contribution is 2.19. The molecule has 1 fully saturated rings. The Morgan fingerprint density at radius 3 is 2.86 bits per heavy atom. The van der Waals surface area contributed by atoms with E-state index in [-0.39, 0.29) is 11.8 Å². The molecule has 6 nitrogen and oxygen atoms in total. The van der Waals surface area contributed by atoms with E-state index in [2.05, 4.69) is 34.1 Å². The molecule has 6 heteroatoms. The third kappa shape index (κ3) is 4.67. The second-order valence-electron chi connectivity index (χ2n) is 5.79. The van der Waals surface area contributed by atoms with E-state index in [0.29, 0.717) is 13.0 Å². The molecule has 1 amide bonds. The van der Waals surface area contributed by atoms with Gasteiger partial charge in [-0.2, -0.15) is 0 Å². The van der Waals surface area contributed by atoms with Crippen LogP contribution in [0, 0.1) is 5.92 Å². The van der Waals surface area contributed by atoms with Gasteiger partial charge in [-0.25, -0.2) is 0 Å². The molecule has 1 aliphatic rings. The molecule has 1 aromatic carbocycles. The molecule has 0 saturated carbocycles. The molecular weight excluding hydrogens is 278 g/mol. The van der Waals surface area contributed by atoms with E-state index in [9.17, 15) is 4.79 Å². The van der Waals surface area contributed by atoms with Gasteiger partial charge in [0, 0.05) is 50.2 Å². The largest absolute Gasteiger partial charge is 0.375 e. The van der Waals surface area contributed by atoms with Crippen LogP contribution in [0.25, 0.3) is 10.4 Å². The number of nitrogens with zero attached hydrogens (tertiary/aromatic N) is 5. The number of carbonyl (C=O) groups excluding carboxylic acids is 1. The number of hydrogen-bond acceptors (Lipinski definition) is 3. The zero-order valence-corrected chi connectivity index (χ0v) is 13.1. The topological polar surface area (TPSA) is 72.3 Å². The number of rotatable bonds is 8. The summed E-state index contributed by atoms with van der Waals surface area (Å²) in [7, 11) is 2.09. The maximum absolute atomic E-state index is 11.9. The SMILES string of the molecule is CN(CCCCN1CC(CN=[N+]=[N-])CC1=O)c1ccccc1. The number of likely N-dealkylation sites (tertiary alicyclic amines) is 1. The molecule has 1 aromatic rings. The van der Waals surface area contributed by atoms with Gasteiger partial charge < -0.3 is 9.80 Å². The molecule has 0 radical (unpaired) electrons. The van der Waals surface area contributed by atoms with E-state index < -0.39 is 0 Å². The Kier molecular flexibility index (Phi) is 6.10. The number of hydrogen-bond donors (Lipinski definition) is 0. The van der Waals surface area contributed by atoms with E-state index in [1.165, 1.54) is 5.69 Å².